The van der Waals surface area contributed by atoms with Gasteiger partial charge in [-0.15, -0.1) is 11.3 Å². The predicted molar refractivity (Wildman–Crippen MR) is 82.1 cm³/mol. The SMILES string of the molecule is CCn1c(-c2nc(C(=O)NC)cs2)cc2ccccc21. The molecule has 102 valence electrons. The van der Waals surface area contributed by atoms with Crippen LogP contribution in [0.2, 0.25) is 0 Å². The number of carbonyl (C=O) groups is 1. The van der Waals surface area contributed by atoms with Gasteiger partial charge in [0, 0.05) is 29.9 Å². The quantitative estimate of drug-likeness (QED) is 0.803. The van der Waals surface area contributed by atoms with Gasteiger partial charge in [0.15, 0.2) is 0 Å². The average Bonchev–Trinajstić information content (AvgIpc) is 3.10. The zero-order valence-electron chi connectivity index (χ0n) is 11.4. The molecule has 5 heteroatoms. The van der Waals surface area contributed by atoms with Crippen LogP contribution in [-0.2, 0) is 6.54 Å². The smallest absolute Gasteiger partial charge is 0.270 e. The number of carbonyl (C=O) groups excluding carboxylic acids is 1. The van der Waals surface area contributed by atoms with Crippen LogP contribution in [0.3, 0.4) is 0 Å². The summed E-state index contributed by atoms with van der Waals surface area (Å²) in [4.78, 5) is 16.1. The maximum Gasteiger partial charge on any atom is 0.270 e. The van der Waals surface area contributed by atoms with Gasteiger partial charge < -0.3 is 9.88 Å². The van der Waals surface area contributed by atoms with Crippen molar-refractivity contribution in [3.63, 3.8) is 0 Å². The number of benzene rings is 1. The van der Waals surface area contributed by atoms with Gasteiger partial charge in [0.1, 0.15) is 10.7 Å². The van der Waals surface area contributed by atoms with Gasteiger partial charge in [-0.2, -0.15) is 0 Å². The minimum Gasteiger partial charge on any atom is -0.354 e. The van der Waals surface area contributed by atoms with Crippen LogP contribution in [0.1, 0.15) is 17.4 Å². The number of nitrogens with zero attached hydrogens (tertiary/aromatic N) is 2. The minimum absolute atomic E-state index is 0.147. The van der Waals surface area contributed by atoms with Gasteiger partial charge in [-0.3, -0.25) is 4.79 Å². The van der Waals surface area contributed by atoms with Crippen molar-refractivity contribution in [3.8, 4) is 10.7 Å². The van der Waals surface area contributed by atoms with Gasteiger partial charge in [-0.05, 0) is 19.1 Å². The highest BCUT2D eigenvalue weighted by molar-refractivity contribution is 7.13. The molecule has 2 heterocycles. The van der Waals surface area contributed by atoms with Crippen molar-refractivity contribution in [3.05, 3.63) is 41.4 Å². The summed E-state index contributed by atoms with van der Waals surface area (Å²) < 4.78 is 2.22. The Morgan fingerprint density at radius 2 is 2.20 bits per heavy atom. The second-order valence-electron chi connectivity index (χ2n) is 4.45. The number of para-hydroxylation sites is 1. The third-order valence-corrected chi connectivity index (χ3v) is 4.17. The van der Waals surface area contributed by atoms with Gasteiger partial charge in [-0.25, -0.2) is 4.98 Å². The summed E-state index contributed by atoms with van der Waals surface area (Å²) in [6.07, 6.45) is 0. The lowest BCUT2D eigenvalue weighted by Crippen LogP contribution is -2.17. The molecule has 4 nitrogen and oxygen atoms in total. The van der Waals surface area contributed by atoms with E-state index in [1.54, 1.807) is 12.4 Å². The van der Waals surface area contributed by atoms with Crippen molar-refractivity contribution in [2.75, 3.05) is 7.05 Å². The summed E-state index contributed by atoms with van der Waals surface area (Å²) in [7, 11) is 1.62. The van der Waals surface area contributed by atoms with Crippen LogP contribution in [0.25, 0.3) is 21.6 Å². The monoisotopic (exact) mass is 285 g/mol. The molecular formula is C15H15N3OS. The fourth-order valence-corrected chi connectivity index (χ4v) is 3.18. The molecular weight excluding hydrogens is 270 g/mol. The molecule has 1 N–H and O–H groups in total. The van der Waals surface area contributed by atoms with E-state index in [2.05, 4.69) is 40.0 Å². The Morgan fingerprint density at radius 3 is 2.95 bits per heavy atom. The summed E-state index contributed by atoms with van der Waals surface area (Å²) in [5.74, 6) is -0.147. The van der Waals surface area contributed by atoms with E-state index in [4.69, 9.17) is 0 Å². The molecule has 0 saturated carbocycles. The van der Waals surface area contributed by atoms with Crippen LogP contribution in [0.15, 0.2) is 35.7 Å². The number of nitrogens with one attached hydrogen (secondary N) is 1. The lowest BCUT2D eigenvalue weighted by molar-refractivity contribution is 0.0959. The molecule has 0 radical (unpaired) electrons. The number of thiazole rings is 1. The third kappa shape index (κ3) is 2.00. The van der Waals surface area contributed by atoms with Crippen LogP contribution in [-0.4, -0.2) is 22.5 Å². The molecule has 0 aliphatic heterocycles. The number of hydrogen-bond donors (Lipinski definition) is 1. The van der Waals surface area contributed by atoms with Gasteiger partial charge in [0.25, 0.3) is 5.91 Å². The second kappa shape index (κ2) is 5.09. The molecule has 0 aliphatic carbocycles. The zero-order chi connectivity index (χ0) is 14.1. The average molecular weight is 285 g/mol. The highest BCUT2D eigenvalue weighted by atomic mass is 32.1. The Hall–Kier alpha value is -2.14. The first-order valence-corrected chi connectivity index (χ1v) is 7.38. The van der Waals surface area contributed by atoms with E-state index in [9.17, 15) is 4.79 Å². The normalized spacial score (nSPS) is 10.9. The number of hydrogen-bond acceptors (Lipinski definition) is 3. The molecule has 3 rings (SSSR count). The molecule has 0 aliphatic rings. The maximum absolute atomic E-state index is 11.6. The van der Waals surface area contributed by atoms with Crippen LogP contribution < -0.4 is 5.32 Å². The molecule has 0 spiro atoms. The number of fused-ring (bicyclic) bond motifs is 1. The molecule has 0 saturated heterocycles. The van der Waals surface area contributed by atoms with Crippen LogP contribution in [0.4, 0.5) is 0 Å². The number of amides is 1. The highest BCUT2D eigenvalue weighted by Gasteiger charge is 2.15. The van der Waals surface area contributed by atoms with Crippen molar-refractivity contribution >= 4 is 28.1 Å². The van der Waals surface area contributed by atoms with E-state index < -0.39 is 0 Å². The van der Waals surface area contributed by atoms with E-state index in [1.165, 1.54) is 22.2 Å². The fourth-order valence-electron chi connectivity index (χ4n) is 2.35. The molecule has 1 amide bonds. The Balaban J connectivity index is 2.14. The molecule has 0 bridgehead atoms. The Labute approximate surface area is 121 Å². The lowest BCUT2D eigenvalue weighted by atomic mass is 10.2. The lowest BCUT2D eigenvalue weighted by Gasteiger charge is -2.05. The second-order valence-corrected chi connectivity index (χ2v) is 5.31. The minimum atomic E-state index is -0.147. The molecule has 3 aromatic rings. The largest absolute Gasteiger partial charge is 0.354 e. The van der Waals surface area contributed by atoms with E-state index in [-0.39, 0.29) is 5.91 Å². The molecule has 1 aromatic carbocycles. The van der Waals surface area contributed by atoms with Gasteiger partial charge >= 0.3 is 0 Å². The Kier molecular flexibility index (Phi) is 3.28. The molecule has 0 atom stereocenters. The highest BCUT2D eigenvalue weighted by Crippen LogP contribution is 2.30. The topological polar surface area (TPSA) is 46.9 Å². The first-order valence-electron chi connectivity index (χ1n) is 6.51. The van der Waals surface area contributed by atoms with Crippen molar-refractivity contribution in [2.45, 2.75) is 13.5 Å². The fraction of sp³-hybridized carbons (Fsp3) is 0.200. The molecule has 2 aromatic heterocycles. The van der Waals surface area contributed by atoms with E-state index in [0.29, 0.717) is 5.69 Å². The third-order valence-electron chi connectivity index (χ3n) is 3.31. The summed E-state index contributed by atoms with van der Waals surface area (Å²) >= 11 is 1.50. The van der Waals surface area contributed by atoms with Crippen LogP contribution >= 0.6 is 11.3 Å². The first kappa shape index (κ1) is 12.9. The maximum atomic E-state index is 11.6. The first-order chi connectivity index (χ1) is 9.74. The Bertz CT molecular complexity index is 772. The van der Waals surface area contributed by atoms with Crippen molar-refractivity contribution < 1.29 is 4.79 Å². The van der Waals surface area contributed by atoms with Gasteiger partial charge in [0.2, 0.25) is 0 Å². The van der Waals surface area contributed by atoms with Crippen molar-refractivity contribution in [2.24, 2.45) is 0 Å². The summed E-state index contributed by atoms with van der Waals surface area (Å²) in [6.45, 7) is 2.99. The van der Waals surface area contributed by atoms with E-state index in [0.717, 1.165) is 17.2 Å². The molecule has 0 unspecified atom stereocenters. The number of aromatic nitrogens is 2. The number of rotatable bonds is 3. The van der Waals surface area contributed by atoms with E-state index >= 15 is 0 Å². The van der Waals surface area contributed by atoms with E-state index in [1.807, 2.05) is 12.1 Å². The summed E-state index contributed by atoms with van der Waals surface area (Å²) in [6, 6.07) is 10.4. The summed E-state index contributed by atoms with van der Waals surface area (Å²) in [5, 5.41) is 6.47. The van der Waals surface area contributed by atoms with Crippen LogP contribution in [0.5, 0.6) is 0 Å². The van der Waals surface area contributed by atoms with Crippen molar-refractivity contribution in [1.29, 1.82) is 0 Å². The zero-order valence-corrected chi connectivity index (χ0v) is 12.2. The molecule has 0 fully saturated rings. The predicted octanol–water partition coefficient (Wildman–Crippen LogP) is 3.14. The molecule has 20 heavy (non-hydrogen) atoms. The number of aryl methyl sites for hydroxylation is 1. The summed E-state index contributed by atoms with van der Waals surface area (Å²) in [5.41, 5.74) is 2.73. The van der Waals surface area contributed by atoms with Crippen LogP contribution in [0, 0.1) is 0 Å². The van der Waals surface area contributed by atoms with Gasteiger partial charge in [0.05, 0.1) is 5.69 Å². The standard InChI is InChI=1S/C15H15N3OS/c1-3-18-12-7-5-4-6-10(12)8-13(18)15-17-11(9-20-15)14(19)16-2/h4-9H,3H2,1-2H3,(H,16,19). The van der Waals surface area contributed by atoms with Crippen molar-refractivity contribution in [1.82, 2.24) is 14.9 Å². The van der Waals surface area contributed by atoms with Gasteiger partial charge in [-0.1, -0.05) is 18.2 Å². The Morgan fingerprint density at radius 1 is 1.40 bits per heavy atom.